The first-order valence-electron chi connectivity index (χ1n) is 6.95. The Bertz CT molecular complexity index is 478. The van der Waals surface area contributed by atoms with Gasteiger partial charge in [-0.05, 0) is 32.9 Å². The Morgan fingerprint density at radius 3 is 2.80 bits per heavy atom. The second-order valence-corrected chi connectivity index (χ2v) is 5.76. The number of nitrogens with one attached hydrogen (secondary N) is 1. The smallest absolute Gasteiger partial charge is 0.268 e. The molecule has 0 saturated heterocycles. The Morgan fingerprint density at radius 2 is 2.20 bits per heavy atom. The van der Waals surface area contributed by atoms with Crippen molar-refractivity contribution < 1.29 is 14.3 Å². The van der Waals surface area contributed by atoms with Gasteiger partial charge in [0.2, 0.25) is 0 Å². The highest BCUT2D eigenvalue weighted by molar-refractivity contribution is 5.94. The van der Waals surface area contributed by atoms with Gasteiger partial charge in [0.1, 0.15) is 11.5 Å². The summed E-state index contributed by atoms with van der Waals surface area (Å²) < 4.78 is 5.57. The third kappa shape index (κ3) is 3.39. The number of carbonyl (C=O) groups is 1. The Kier molecular flexibility index (Phi) is 4.47. The SMILES string of the molecule is Cc1oc(CN(C)CC2(O)CCCC2)cc1C(=O)NN. The second kappa shape index (κ2) is 5.95. The van der Waals surface area contributed by atoms with Gasteiger partial charge >= 0.3 is 0 Å². The minimum Gasteiger partial charge on any atom is -0.464 e. The van der Waals surface area contributed by atoms with Crippen LogP contribution in [0.1, 0.15) is 47.6 Å². The van der Waals surface area contributed by atoms with Crippen LogP contribution in [0.5, 0.6) is 0 Å². The summed E-state index contributed by atoms with van der Waals surface area (Å²) in [6.45, 7) is 2.91. The van der Waals surface area contributed by atoms with Crippen LogP contribution in [0, 0.1) is 6.92 Å². The van der Waals surface area contributed by atoms with Crippen LogP contribution in [0.4, 0.5) is 0 Å². The topological polar surface area (TPSA) is 91.7 Å². The van der Waals surface area contributed by atoms with Crippen LogP contribution < -0.4 is 11.3 Å². The van der Waals surface area contributed by atoms with E-state index in [1.54, 1.807) is 13.0 Å². The number of carbonyl (C=O) groups excluding carboxylic acids is 1. The normalized spacial score (nSPS) is 17.6. The maximum absolute atomic E-state index is 11.5. The molecule has 1 aliphatic carbocycles. The van der Waals surface area contributed by atoms with E-state index in [0.29, 0.717) is 30.2 Å². The minimum atomic E-state index is -0.576. The highest BCUT2D eigenvalue weighted by Gasteiger charge is 2.32. The standard InChI is InChI=1S/C14H23N3O3/c1-10-12(13(18)16-15)7-11(20-10)8-17(2)9-14(19)5-3-4-6-14/h7,19H,3-6,8-9,15H2,1-2H3,(H,16,18). The number of nitrogen functional groups attached to an aromatic ring is 1. The molecule has 0 bridgehead atoms. The largest absolute Gasteiger partial charge is 0.464 e. The number of nitrogens with two attached hydrogens (primary N) is 1. The Hall–Kier alpha value is -1.37. The molecule has 0 aliphatic heterocycles. The van der Waals surface area contributed by atoms with Crippen LogP contribution >= 0.6 is 0 Å². The van der Waals surface area contributed by atoms with Crippen LogP contribution in [0.3, 0.4) is 0 Å². The number of likely N-dealkylation sites (N-methyl/N-ethyl adjacent to an activating group) is 1. The summed E-state index contributed by atoms with van der Waals surface area (Å²) in [6.07, 6.45) is 3.89. The van der Waals surface area contributed by atoms with Crippen molar-refractivity contribution in [3.63, 3.8) is 0 Å². The van der Waals surface area contributed by atoms with Crippen LogP contribution in [-0.2, 0) is 6.54 Å². The van der Waals surface area contributed by atoms with Gasteiger partial charge in [-0.1, -0.05) is 12.8 Å². The number of aryl methyl sites for hydroxylation is 1. The molecule has 0 radical (unpaired) electrons. The molecule has 4 N–H and O–H groups in total. The van der Waals surface area contributed by atoms with Crippen LogP contribution in [0.25, 0.3) is 0 Å². The van der Waals surface area contributed by atoms with E-state index in [1.807, 2.05) is 11.9 Å². The molecule has 1 fully saturated rings. The molecule has 2 rings (SSSR count). The lowest BCUT2D eigenvalue weighted by Gasteiger charge is -2.27. The molecule has 1 heterocycles. The maximum atomic E-state index is 11.5. The minimum absolute atomic E-state index is 0.352. The zero-order valence-electron chi connectivity index (χ0n) is 12.1. The Labute approximate surface area is 118 Å². The Balaban J connectivity index is 1.97. The third-order valence-corrected chi connectivity index (χ3v) is 3.87. The van der Waals surface area contributed by atoms with E-state index in [4.69, 9.17) is 10.3 Å². The first-order chi connectivity index (χ1) is 9.43. The lowest BCUT2D eigenvalue weighted by atomic mass is 10.0. The fourth-order valence-corrected chi connectivity index (χ4v) is 2.94. The number of aliphatic hydroxyl groups is 1. The number of furan rings is 1. The average Bonchev–Trinajstić information content (AvgIpc) is 2.95. The molecule has 0 spiro atoms. The molecule has 1 aromatic heterocycles. The lowest BCUT2D eigenvalue weighted by Crippen LogP contribution is -2.38. The molecule has 6 heteroatoms. The van der Waals surface area contributed by atoms with E-state index in [-0.39, 0.29) is 5.91 Å². The molecule has 1 aromatic rings. The van der Waals surface area contributed by atoms with Crippen molar-refractivity contribution in [1.82, 2.24) is 10.3 Å². The molecule has 112 valence electrons. The number of hydrogen-bond donors (Lipinski definition) is 3. The summed E-state index contributed by atoms with van der Waals surface area (Å²) in [5, 5.41) is 10.4. The Morgan fingerprint density at radius 1 is 1.55 bits per heavy atom. The quantitative estimate of drug-likeness (QED) is 0.424. The van der Waals surface area contributed by atoms with E-state index in [0.717, 1.165) is 25.7 Å². The molecule has 1 amide bonds. The van der Waals surface area contributed by atoms with Gasteiger partial charge in [-0.15, -0.1) is 0 Å². The van der Waals surface area contributed by atoms with Gasteiger partial charge in [0.05, 0.1) is 17.7 Å². The maximum Gasteiger partial charge on any atom is 0.268 e. The van der Waals surface area contributed by atoms with Gasteiger partial charge in [0.15, 0.2) is 0 Å². The molecular formula is C14H23N3O3. The summed E-state index contributed by atoms with van der Waals surface area (Å²) in [5.41, 5.74) is 1.98. The number of amides is 1. The van der Waals surface area contributed by atoms with Crippen molar-refractivity contribution in [2.75, 3.05) is 13.6 Å². The predicted octanol–water partition coefficient (Wildman–Crippen LogP) is 0.928. The van der Waals surface area contributed by atoms with E-state index < -0.39 is 5.60 Å². The van der Waals surface area contributed by atoms with Gasteiger partial charge in [-0.3, -0.25) is 15.1 Å². The molecule has 0 unspecified atom stereocenters. The number of hydrazine groups is 1. The highest BCUT2D eigenvalue weighted by atomic mass is 16.3. The van der Waals surface area contributed by atoms with E-state index >= 15 is 0 Å². The third-order valence-electron chi connectivity index (χ3n) is 3.87. The summed E-state index contributed by atoms with van der Waals surface area (Å²) in [4.78, 5) is 13.5. The number of rotatable bonds is 5. The van der Waals surface area contributed by atoms with Gasteiger partial charge in [-0.2, -0.15) is 0 Å². The average molecular weight is 281 g/mol. The molecule has 0 atom stereocenters. The van der Waals surface area contributed by atoms with Crippen LogP contribution in [0.15, 0.2) is 10.5 Å². The summed E-state index contributed by atoms with van der Waals surface area (Å²) in [7, 11) is 1.94. The van der Waals surface area contributed by atoms with Crippen LogP contribution in [0.2, 0.25) is 0 Å². The van der Waals surface area contributed by atoms with Gasteiger partial charge < -0.3 is 9.52 Å². The number of hydrogen-bond acceptors (Lipinski definition) is 5. The molecule has 20 heavy (non-hydrogen) atoms. The zero-order valence-corrected chi connectivity index (χ0v) is 12.1. The van der Waals surface area contributed by atoms with Gasteiger partial charge in [-0.25, -0.2) is 5.84 Å². The van der Waals surface area contributed by atoms with Gasteiger partial charge in [0, 0.05) is 6.54 Å². The van der Waals surface area contributed by atoms with Crippen LogP contribution in [-0.4, -0.2) is 35.1 Å². The van der Waals surface area contributed by atoms with Crippen molar-refractivity contribution in [3.05, 3.63) is 23.2 Å². The predicted molar refractivity (Wildman–Crippen MR) is 74.9 cm³/mol. The first-order valence-corrected chi connectivity index (χ1v) is 6.95. The lowest BCUT2D eigenvalue weighted by molar-refractivity contribution is 0.0131. The highest BCUT2D eigenvalue weighted by Crippen LogP contribution is 2.30. The second-order valence-electron chi connectivity index (χ2n) is 5.76. The molecule has 1 aliphatic rings. The molecular weight excluding hydrogens is 258 g/mol. The fraction of sp³-hybridized carbons (Fsp3) is 0.643. The monoisotopic (exact) mass is 281 g/mol. The fourth-order valence-electron chi connectivity index (χ4n) is 2.94. The van der Waals surface area contributed by atoms with Crippen molar-refractivity contribution in [3.8, 4) is 0 Å². The molecule has 0 aromatic carbocycles. The molecule has 6 nitrogen and oxygen atoms in total. The van der Waals surface area contributed by atoms with E-state index in [1.165, 1.54) is 0 Å². The van der Waals surface area contributed by atoms with Crippen molar-refractivity contribution in [1.29, 1.82) is 0 Å². The van der Waals surface area contributed by atoms with E-state index in [2.05, 4.69) is 5.43 Å². The van der Waals surface area contributed by atoms with Crippen molar-refractivity contribution >= 4 is 5.91 Å². The van der Waals surface area contributed by atoms with Gasteiger partial charge in [0.25, 0.3) is 5.91 Å². The van der Waals surface area contributed by atoms with Crippen molar-refractivity contribution in [2.24, 2.45) is 5.84 Å². The number of nitrogens with zero attached hydrogens (tertiary/aromatic N) is 1. The van der Waals surface area contributed by atoms with E-state index in [9.17, 15) is 9.90 Å². The summed E-state index contributed by atoms with van der Waals surface area (Å²) in [5.74, 6) is 6.02. The zero-order chi connectivity index (χ0) is 14.8. The molecule has 1 saturated carbocycles. The van der Waals surface area contributed by atoms with Crippen molar-refractivity contribution in [2.45, 2.75) is 44.8 Å². The summed E-state index contributed by atoms with van der Waals surface area (Å²) >= 11 is 0. The summed E-state index contributed by atoms with van der Waals surface area (Å²) in [6, 6.07) is 1.70. The first kappa shape index (κ1) is 15.0.